The number of hydrogen-bond acceptors (Lipinski definition) is 7. The third-order valence-corrected chi connectivity index (χ3v) is 6.46. The predicted octanol–water partition coefficient (Wildman–Crippen LogP) is 4.81. The second-order valence-corrected chi connectivity index (χ2v) is 9.00. The van der Waals surface area contributed by atoms with E-state index in [9.17, 15) is 4.79 Å². The predicted molar refractivity (Wildman–Crippen MR) is 135 cm³/mol. The molecule has 34 heavy (non-hydrogen) atoms. The zero-order valence-electron chi connectivity index (χ0n) is 19.4. The van der Waals surface area contributed by atoms with Crippen molar-refractivity contribution in [2.75, 3.05) is 37.7 Å². The molecule has 1 fully saturated rings. The molecule has 2 aromatic carbocycles. The zero-order valence-corrected chi connectivity index (χ0v) is 20.1. The van der Waals surface area contributed by atoms with Gasteiger partial charge in [-0.1, -0.05) is 11.6 Å². The number of aryl methyl sites for hydroxylation is 1. The van der Waals surface area contributed by atoms with Crippen LogP contribution in [0.1, 0.15) is 24.6 Å². The maximum absolute atomic E-state index is 13.0. The van der Waals surface area contributed by atoms with Gasteiger partial charge in [-0.25, -0.2) is 9.97 Å². The molecule has 3 heterocycles. The molecule has 1 aliphatic rings. The minimum atomic E-state index is -0.0234. The van der Waals surface area contributed by atoms with Gasteiger partial charge in [0.15, 0.2) is 5.43 Å². The lowest BCUT2D eigenvalue weighted by Gasteiger charge is -2.22. The summed E-state index contributed by atoms with van der Waals surface area (Å²) in [6.45, 7) is 8.48. The number of nitrogens with zero attached hydrogens (tertiary/aromatic N) is 4. The fourth-order valence-corrected chi connectivity index (χ4v) is 4.64. The van der Waals surface area contributed by atoms with Crippen LogP contribution in [0.4, 0.5) is 5.95 Å². The van der Waals surface area contributed by atoms with E-state index in [0.29, 0.717) is 34.7 Å². The van der Waals surface area contributed by atoms with E-state index in [1.807, 2.05) is 32.0 Å². The Kier molecular flexibility index (Phi) is 6.39. The van der Waals surface area contributed by atoms with Gasteiger partial charge in [0, 0.05) is 48.7 Å². The standard InChI is InChI=1S/C26H27ClN4O3/c1-3-33-20-6-7-23-21(14-20)17(2)28-26(29-23)31-10-4-9-30(11-12-31)15-18-16-34-24-8-5-19(27)13-22(24)25(18)32/h5-8,13-14,16H,3-4,9-12,15H2,1-2H3. The summed E-state index contributed by atoms with van der Waals surface area (Å²) in [5.74, 6) is 1.58. The van der Waals surface area contributed by atoms with Crippen molar-refractivity contribution >= 4 is 39.4 Å². The monoisotopic (exact) mass is 478 g/mol. The molecular formula is C26H27ClN4O3. The van der Waals surface area contributed by atoms with E-state index in [4.69, 9.17) is 30.7 Å². The third-order valence-electron chi connectivity index (χ3n) is 6.23. The second kappa shape index (κ2) is 9.60. The average molecular weight is 479 g/mol. The van der Waals surface area contributed by atoms with E-state index in [1.54, 1.807) is 24.5 Å². The molecule has 1 saturated heterocycles. The molecule has 0 saturated carbocycles. The van der Waals surface area contributed by atoms with Gasteiger partial charge in [-0.15, -0.1) is 0 Å². The topological polar surface area (TPSA) is 71.7 Å². The van der Waals surface area contributed by atoms with Gasteiger partial charge in [0.2, 0.25) is 5.95 Å². The van der Waals surface area contributed by atoms with E-state index in [1.165, 1.54) is 0 Å². The number of hydrogen-bond donors (Lipinski definition) is 0. The summed E-state index contributed by atoms with van der Waals surface area (Å²) in [5, 5.41) is 2.06. The maximum Gasteiger partial charge on any atom is 0.226 e. The van der Waals surface area contributed by atoms with Gasteiger partial charge in [0.05, 0.1) is 29.5 Å². The molecule has 7 nitrogen and oxygen atoms in total. The molecule has 1 aliphatic heterocycles. The Balaban J connectivity index is 1.32. The summed E-state index contributed by atoms with van der Waals surface area (Å²) < 4.78 is 11.3. The Morgan fingerprint density at radius 3 is 2.79 bits per heavy atom. The molecule has 0 spiro atoms. The van der Waals surface area contributed by atoms with Crippen molar-refractivity contribution in [3.63, 3.8) is 0 Å². The molecule has 0 bridgehead atoms. The Hall–Kier alpha value is -3.16. The van der Waals surface area contributed by atoms with Crippen molar-refractivity contribution in [1.82, 2.24) is 14.9 Å². The minimum Gasteiger partial charge on any atom is -0.494 e. The van der Waals surface area contributed by atoms with Crippen molar-refractivity contribution < 1.29 is 9.15 Å². The first kappa shape index (κ1) is 22.6. The lowest BCUT2D eigenvalue weighted by atomic mass is 10.1. The van der Waals surface area contributed by atoms with Gasteiger partial charge >= 0.3 is 0 Å². The van der Waals surface area contributed by atoms with Crippen molar-refractivity contribution in [3.8, 4) is 5.75 Å². The van der Waals surface area contributed by atoms with Crippen LogP contribution in [0.5, 0.6) is 5.75 Å². The highest BCUT2D eigenvalue weighted by Gasteiger charge is 2.20. The highest BCUT2D eigenvalue weighted by molar-refractivity contribution is 6.31. The molecular weight excluding hydrogens is 452 g/mol. The first-order valence-corrected chi connectivity index (χ1v) is 12.0. The molecule has 0 aliphatic carbocycles. The van der Waals surface area contributed by atoms with Crippen molar-refractivity contribution in [2.45, 2.75) is 26.8 Å². The van der Waals surface area contributed by atoms with Crippen LogP contribution >= 0.6 is 11.6 Å². The largest absolute Gasteiger partial charge is 0.494 e. The van der Waals surface area contributed by atoms with E-state index >= 15 is 0 Å². The van der Waals surface area contributed by atoms with Crippen LogP contribution in [0.15, 0.2) is 51.9 Å². The van der Waals surface area contributed by atoms with Crippen LogP contribution < -0.4 is 15.1 Å². The molecule has 8 heteroatoms. The lowest BCUT2D eigenvalue weighted by Crippen LogP contribution is -2.32. The highest BCUT2D eigenvalue weighted by atomic mass is 35.5. The van der Waals surface area contributed by atoms with E-state index in [-0.39, 0.29) is 5.43 Å². The van der Waals surface area contributed by atoms with Gasteiger partial charge in [-0.05, 0) is 56.7 Å². The fourth-order valence-electron chi connectivity index (χ4n) is 4.47. The average Bonchev–Trinajstić information content (AvgIpc) is 3.07. The van der Waals surface area contributed by atoms with Crippen LogP contribution in [0, 0.1) is 6.92 Å². The van der Waals surface area contributed by atoms with Crippen LogP contribution in [0.2, 0.25) is 5.02 Å². The number of ether oxygens (including phenoxy) is 1. The van der Waals surface area contributed by atoms with Crippen LogP contribution in [-0.4, -0.2) is 47.7 Å². The molecule has 2 aromatic heterocycles. The van der Waals surface area contributed by atoms with Crippen LogP contribution in [-0.2, 0) is 6.54 Å². The summed E-state index contributed by atoms with van der Waals surface area (Å²) in [4.78, 5) is 27.1. The van der Waals surface area contributed by atoms with Gasteiger partial charge in [0.25, 0.3) is 0 Å². The minimum absolute atomic E-state index is 0.0234. The van der Waals surface area contributed by atoms with E-state index < -0.39 is 0 Å². The summed E-state index contributed by atoms with van der Waals surface area (Å²) in [5.41, 5.74) is 3.03. The van der Waals surface area contributed by atoms with E-state index in [2.05, 4.69) is 9.80 Å². The molecule has 0 amide bonds. The Bertz CT molecular complexity index is 1400. The quantitative estimate of drug-likeness (QED) is 0.407. The van der Waals surface area contributed by atoms with Crippen molar-refractivity contribution in [2.24, 2.45) is 0 Å². The fraction of sp³-hybridized carbons (Fsp3) is 0.346. The summed E-state index contributed by atoms with van der Waals surface area (Å²) in [6.07, 6.45) is 2.53. The Labute approximate surface area is 202 Å². The SMILES string of the molecule is CCOc1ccc2nc(N3CCCN(Cc4coc5ccc(Cl)cc5c4=O)CC3)nc(C)c2c1. The Morgan fingerprint density at radius 2 is 1.94 bits per heavy atom. The van der Waals surface area contributed by atoms with Crippen LogP contribution in [0.3, 0.4) is 0 Å². The second-order valence-electron chi connectivity index (χ2n) is 8.57. The van der Waals surface area contributed by atoms with Crippen molar-refractivity contribution in [3.05, 3.63) is 69.2 Å². The maximum atomic E-state index is 13.0. The molecule has 0 radical (unpaired) electrons. The molecule has 4 aromatic rings. The van der Waals surface area contributed by atoms with Crippen molar-refractivity contribution in [1.29, 1.82) is 0 Å². The summed E-state index contributed by atoms with van der Waals surface area (Å²) >= 11 is 6.09. The zero-order chi connectivity index (χ0) is 23.7. The van der Waals surface area contributed by atoms with E-state index in [0.717, 1.165) is 60.9 Å². The van der Waals surface area contributed by atoms with Gasteiger partial charge in [0.1, 0.15) is 11.3 Å². The first-order chi connectivity index (χ1) is 16.5. The Morgan fingerprint density at radius 1 is 1.06 bits per heavy atom. The molecule has 5 rings (SSSR count). The highest BCUT2D eigenvalue weighted by Crippen LogP contribution is 2.25. The van der Waals surface area contributed by atoms with Gasteiger partial charge < -0.3 is 14.1 Å². The summed E-state index contributed by atoms with van der Waals surface area (Å²) in [7, 11) is 0. The molecule has 0 unspecified atom stereocenters. The smallest absolute Gasteiger partial charge is 0.226 e. The summed E-state index contributed by atoms with van der Waals surface area (Å²) in [6, 6.07) is 11.1. The van der Waals surface area contributed by atoms with Gasteiger partial charge in [-0.2, -0.15) is 0 Å². The molecule has 0 N–H and O–H groups in total. The number of benzene rings is 2. The lowest BCUT2D eigenvalue weighted by molar-refractivity contribution is 0.282. The first-order valence-electron chi connectivity index (χ1n) is 11.6. The normalized spacial score (nSPS) is 15.1. The number of rotatable bonds is 5. The number of aromatic nitrogens is 2. The van der Waals surface area contributed by atoms with Gasteiger partial charge in [-0.3, -0.25) is 9.69 Å². The number of anilines is 1. The number of fused-ring (bicyclic) bond motifs is 2. The number of halogens is 1. The van der Waals surface area contributed by atoms with Crippen LogP contribution in [0.25, 0.3) is 21.9 Å². The molecule has 0 atom stereocenters. The molecule has 176 valence electrons. The third kappa shape index (κ3) is 4.58.